The summed E-state index contributed by atoms with van der Waals surface area (Å²) in [5.74, 6) is -0.945. The third kappa shape index (κ3) is 6.05. The van der Waals surface area contributed by atoms with Gasteiger partial charge in [-0.2, -0.15) is 0 Å². The van der Waals surface area contributed by atoms with Crippen molar-refractivity contribution in [3.63, 3.8) is 0 Å². The summed E-state index contributed by atoms with van der Waals surface area (Å²) in [5, 5.41) is 96.8. The minimum absolute atomic E-state index is 0.00750. The van der Waals surface area contributed by atoms with Gasteiger partial charge in [0, 0.05) is 5.41 Å². The van der Waals surface area contributed by atoms with Crippen LogP contribution < -0.4 is 0 Å². The summed E-state index contributed by atoms with van der Waals surface area (Å²) in [5.41, 5.74) is -1.68. The lowest BCUT2D eigenvalue weighted by atomic mass is 9.33. The van der Waals surface area contributed by atoms with Gasteiger partial charge < -0.3 is 64.9 Å². The molecule has 0 aromatic heterocycles. The SMILES string of the molecule is CC1(C)CC[C@]2(C(=O)O)[C@H](O)C[C@]3(C)C(=CC[C@@H]4[C@@]5(C)CC[C@H](O[C@@H]6OC[C@H](O)[C@H](O[C@@H]7O[C@H](CO)[C@@H](O)[C@H](O)[C@H]7O)[C@H]6O)[C@@](C)(CO)[C@@H]5CC[C@]43C)[C@@H]2C1. The van der Waals surface area contributed by atoms with Crippen molar-refractivity contribution >= 4 is 5.97 Å². The zero-order valence-electron chi connectivity index (χ0n) is 33.2. The number of aliphatic carboxylic acids is 1. The highest BCUT2D eigenvalue weighted by molar-refractivity contribution is 5.77. The second-order valence-corrected chi connectivity index (χ2v) is 20.2. The number of ether oxygens (including phenoxy) is 4. The van der Waals surface area contributed by atoms with Gasteiger partial charge in [0.2, 0.25) is 0 Å². The van der Waals surface area contributed by atoms with Crippen molar-refractivity contribution in [2.75, 3.05) is 19.8 Å². The highest BCUT2D eigenvalue weighted by atomic mass is 16.7. The standard InChI is InChI=1S/C41H66O14/c1-36(2)13-14-41(35(50)51)21(15-36)20-7-8-25-37(3)11-10-27(38(4,19-43)24(37)9-12-39(25,5)40(20,6)16-26(41)45)54-33-31(49)32(22(44)18-52-33)55-34-30(48)29(47)28(46)23(17-42)53-34/h7,21-34,42-49H,8-19H2,1-6H3,(H,50,51)/t21-,22-,23+,24+,25+,26+,27-,28+,29-,30+,31+,32-,33-,34-,37-,38-,39+,40+,41+/m0/s1. The summed E-state index contributed by atoms with van der Waals surface area (Å²) >= 11 is 0. The summed E-state index contributed by atoms with van der Waals surface area (Å²) < 4.78 is 23.6. The molecule has 0 aromatic carbocycles. The van der Waals surface area contributed by atoms with Crippen LogP contribution in [0.25, 0.3) is 0 Å². The molecule has 4 saturated carbocycles. The number of hydrogen-bond acceptors (Lipinski definition) is 13. The number of rotatable bonds is 7. The predicted octanol–water partition coefficient (Wildman–Crippen LogP) is 1.46. The number of allylic oxidation sites excluding steroid dienone is 2. The van der Waals surface area contributed by atoms with Crippen LogP contribution >= 0.6 is 0 Å². The number of carbonyl (C=O) groups is 1. The van der Waals surface area contributed by atoms with Crippen molar-refractivity contribution in [1.29, 1.82) is 0 Å². The summed E-state index contributed by atoms with van der Waals surface area (Å²) in [6, 6.07) is 0. The van der Waals surface area contributed by atoms with E-state index in [1.807, 2.05) is 6.92 Å². The maximum absolute atomic E-state index is 13.1. The van der Waals surface area contributed by atoms with E-state index < -0.39 is 96.3 Å². The number of aliphatic hydroxyl groups excluding tert-OH is 8. The van der Waals surface area contributed by atoms with Gasteiger partial charge in [-0.25, -0.2) is 0 Å². The lowest BCUT2D eigenvalue weighted by Gasteiger charge is -2.71. The average molecular weight is 783 g/mol. The molecule has 7 rings (SSSR count). The molecule has 314 valence electrons. The van der Waals surface area contributed by atoms with Crippen LogP contribution in [-0.4, -0.2) is 139 Å². The monoisotopic (exact) mass is 782 g/mol. The predicted molar refractivity (Wildman–Crippen MR) is 195 cm³/mol. The first-order valence-corrected chi connectivity index (χ1v) is 20.5. The molecule has 2 saturated heterocycles. The lowest BCUT2D eigenvalue weighted by molar-refractivity contribution is -0.358. The Morgan fingerprint density at radius 2 is 1.53 bits per heavy atom. The molecule has 0 unspecified atom stereocenters. The Labute approximate surface area is 323 Å². The van der Waals surface area contributed by atoms with Crippen LogP contribution in [0.4, 0.5) is 0 Å². The molecule has 0 aromatic rings. The van der Waals surface area contributed by atoms with Crippen LogP contribution in [0.15, 0.2) is 11.6 Å². The highest BCUT2D eigenvalue weighted by Gasteiger charge is 2.72. The normalized spacial score (nSPS) is 54.9. The molecule has 7 aliphatic rings. The van der Waals surface area contributed by atoms with Crippen LogP contribution in [0.1, 0.15) is 99.3 Å². The van der Waals surface area contributed by atoms with E-state index in [0.29, 0.717) is 19.3 Å². The third-order valence-corrected chi connectivity index (χ3v) is 17.0. The molecule has 14 nitrogen and oxygen atoms in total. The van der Waals surface area contributed by atoms with Crippen molar-refractivity contribution in [3.05, 3.63) is 11.6 Å². The Morgan fingerprint density at radius 1 is 0.818 bits per heavy atom. The first-order chi connectivity index (χ1) is 25.6. The van der Waals surface area contributed by atoms with Gasteiger partial charge in [0.05, 0.1) is 32.0 Å². The molecular formula is C41H66O14. The van der Waals surface area contributed by atoms with Gasteiger partial charge in [-0.3, -0.25) is 4.79 Å². The summed E-state index contributed by atoms with van der Waals surface area (Å²) in [6.07, 6.45) is -6.60. The number of carboxylic acid groups (broad SMARTS) is 1. The van der Waals surface area contributed by atoms with Gasteiger partial charge >= 0.3 is 5.97 Å². The smallest absolute Gasteiger partial charge is 0.312 e. The van der Waals surface area contributed by atoms with Crippen LogP contribution in [0.5, 0.6) is 0 Å². The van der Waals surface area contributed by atoms with Gasteiger partial charge in [-0.05, 0) is 97.2 Å². The van der Waals surface area contributed by atoms with Gasteiger partial charge in [0.25, 0.3) is 0 Å². The van der Waals surface area contributed by atoms with Crippen molar-refractivity contribution in [1.82, 2.24) is 0 Å². The minimum atomic E-state index is -1.73. The Balaban J connectivity index is 1.12. The Morgan fingerprint density at radius 3 is 2.18 bits per heavy atom. The zero-order valence-corrected chi connectivity index (χ0v) is 33.2. The quantitative estimate of drug-likeness (QED) is 0.132. The van der Waals surface area contributed by atoms with Crippen LogP contribution in [0.2, 0.25) is 0 Å². The van der Waals surface area contributed by atoms with E-state index in [-0.39, 0.29) is 47.2 Å². The van der Waals surface area contributed by atoms with Gasteiger partial charge in [-0.15, -0.1) is 0 Å². The second-order valence-electron chi connectivity index (χ2n) is 20.2. The maximum Gasteiger partial charge on any atom is 0.312 e. The first kappa shape index (κ1) is 41.9. The van der Waals surface area contributed by atoms with Crippen molar-refractivity contribution in [3.8, 4) is 0 Å². The molecule has 6 fully saturated rings. The molecule has 0 spiro atoms. The van der Waals surface area contributed by atoms with Crippen molar-refractivity contribution in [2.45, 2.75) is 167 Å². The summed E-state index contributed by atoms with van der Waals surface area (Å²) in [6.45, 7) is 12.2. The molecule has 14 heteroatoms. The van der Waals surface area contributed by atoms with E-state index in [1.165, 1.54) is 5.57 Å². The second kappa shape index (κ2) is 14.2. The molecule has 9 N–H and O–H groups in total. The molecule has 0 radical (unpaired) electrons. The maximum atomic E-state index is 13.1. The van der Waals surface area contributed by atoms with Gasteiger partial charge in [0.15, 0.2) is 12.6 Å². The van der Waals surface area contributed by atoms with Crippen molar-refractivity contribution in [2.24, 2.45) is 50.2 Å². The molecule has 0 amide bonds. The number of fused-ring (bicyclic) bond motifs is 7. The van der Waals surface area contributed by atoms with E-state index in [2.05, 4.69) is 40.7 Å². The Bertz CT molecular complexity index is 1490. The van der Waals surface area contributed by atoms with E-state index in [0.717, 1.165) is 38.5 Å². The number of hydrogen-bond donors (Lipinski definition) is 9. The molecule has 5 aliphatic carbocycles. The molecule has 2 heterocycles. The average Bonchev–Trinajstić information content (AvgIpc) is 3.12. The van der Waals surface area contributed by atoms with Crippen LogP contribution in [-0.2, 0) is 23.7 Å². The fourth-order valence-electron chi connectivity index (χ4n) is 13.5. The van der Waals surface area contributed by atoms with Crippen LogP contribution in [0, 0.1) is 50.2 Å². The van der Waals surface area contributed by atoms with E-state index in [1.54, 1.807) is 0 Å². The molecule has 2 aliphatic heterocycles. The topological polar surface area (TPSA) is 236 Å². The van der Waals surface area contributed by atoms with E-state index in [4.69, 9.17) is 18.9 Å². The van der Waals surface area contributed by atoms with Crippen LogP contribution in [0.3, 0.4) is 0 Å². The Kier molecular flexibility index (Phi) is 10.8. The van der Waals surface area contributed by atoms with Crippen molar-refractivity contribution < 1.29 is 69.7 Å². The lowest BCUT2D eigenvalue weighted by Crippen LogP contribution is -2.68. The molecule has 19 atom stereocenters. The van der Waals surface area contributed by atoms with E-state index >= 15 is 0 Å². The fourth-order valence-corrected chi connectivity index (χ4v) is 13.5. The van der Waals surface area contributed by atoms with Gasteiger partial charge in [0.1, 0.15) is 48.1 Å². The van der Waals surface area contributed by atoms with E-state index in [9.17, 15) is 50.8 Å². The summed E-state index contributed by atoms with van der Waals surface area (Å²) in [7, 11) is 0. The largest absolute Gasteiger partial charge is 0.481 e. The number of aliphatic hydroxyl groups is 8. The molecular weight excluding hydrogens is 716 g/mol. The fraction of sp³-hybridized carbons (Fsp3) is 0.927. The molecule has 55 heavy (non-hydrogen) atoms. The number of carboxylic acids is 1. The third-order valence-electron chi connectivity index (χ3n) is 17.0. The highest BCUT2D eigenvalue weighted by Crippen LogP contribution is 2.76. The summed E-state index contributed by atoms with van der Waals surface area (Å²) in [4.78, 5) is 13.1. The Hall–Kier alpha value is -1.27. The molecule has 0 bridgehead atoms. The van der Waals surface area contributed by atoms with Gasteiger partial charge in [-0.1, -0.05) is 53.2 Å². The zero-order chi connectivity index (χ0) is 40.3. The first-order valence-electron chi connectivity index (χ1n) is 20.5. The minimum Gasteiger partial charge on any atom is -0.481 e.